The lowest BCUT2D eigenvalue weighted by atomic mass is 10.1. The van der Waals surface area contributed by atoms with Crippen molar-refractivity contribution in [3.8, 4) is 0 Å². The molecule has 0 N–H and O–H groups in total. The lowest BCUT2D eigenvalue weighted by Crippen LogP contribution is -2.48. The summed E-state index contributed by atoms with van der Waals surface area (Å²) >= 11 is 0. The Morgan fingerprint density at radius 2 is 1.17 bits per heavy atom. The Hall–Kier alpha value is -1.22. The Labute approximate surface area is 137 Å². The molecule has 0 spiro atoms. The first-order valence-electron chi connectivity index (χ1n) is 7.24. The van der Waals surface area contributed by atoms with E-state index >= 15 is 0 Å². The largest absolute Gasteiger partial charge is 0.469 e. The number of esters is 2. The van der Waals surface area contributed by atoms with Crippen LogP contribution in [-0.2, 0) is 38.6 Å². The monoisotopic (exact) mass is 336 g/mol. The molecule has 0 heterocycles. The summed E-state index contributed by atoms with van der Waals surface area (Å²) in [5.74, 6) is -3.49. The molecule has 0 bridgehead atoms. The summed E-state index contributed by atoms with van der Waals surface area (Å²) in [6.07, 6.45) is -0.370. The normalized spacial score (nSPS) is 12.9. The van der Waals surface area contributed by atoms with Crippen LogP contribution in [0.4, 0.5) is 0 Å². The highest BCUT2D eigenvalue weighted by atomic mass is 17.3. The molecule has 136 valence electrons. The molecule has 0 atom stereocenters. The van der Waals surface area contributed by atoms with E-state index in [1.54, 1.807) is 41.5 Å². The average Bonchev–Trinajstić information content (AvgIpc) is 2.43. The van der Waals surface area contributed by atoms with E-state index in [0.29, 0.717) is 0 Å². The summed E-state index contributed by atoms with van der Waals surface area (Å²) in [6, 6.07) is 0. The van der Waals surface area contributed by atoms with E-state index in [-0.39, 0.29) is 12.8 Å². The zero-order valence-electron chi connectivity index (χ0n) is 15.2. The molecule has 0 rings (SSSR count). The third kappa shape index (κ3) is 8.85. The Bertz CT molecular complexity index is 373. The van der Waals surface area contributed by atoms with Crippen LogP contribution in [0.3, 0.4) is 0 Å². The van der Waals surface area contributed by atoms with E-state index in [0.717, 1.165) is 7.11 Å². The van der Waals surface area contributed by atoms with Gasteiger partial charge in [-0.15, -0.1) is 0 Å². The van der Waals surface area contributed by atoms with E-state index in [1.807, 2.05) is 0 Å². The highest BCUT2D eigenvalue weighted by molar-refractivity contribution is 5.79. The molecule has 0 unspecified atom stereocenters. The molecule has 8 nitrogen and oxygen atoms in total. The zero-order valence-corrected chi connectivity index (χ0v) is 15.2. The predicted octanol–water partition coefficient (Wildman–Crippen LogP) is 2.30. The third-order valence-electron chi connectivity index (χ3n) is 2.23. The second kappa shape index (κ2) is 8.58. The van der Waals surface area contributed by atoms with Crippen LogP contribution in [0.1, 0.15) is 54.4 Å². The van der Waals surface area contributed by atoms with Gasteiger partial charge >= 0.3 is 17.7 Å². The Morgan fingerprint density at radius 1 is 0.739 bits per heavy atom. The van der Waals surface area contributed by atoms with Gasteiger partial charge in [0, 0.05) is 6.42 Å². The molecule has 0 saturated heterocycles. The second-order valence-electron chi connectivity index (χ2n) is 6.88. The first kappa shape index (κ1) is 21.8. The van der Waals surface area contributed by atoms with Gasteiger partial charge in [0.1, 0.15) is 0 Å². The molecule has 0 aliphatic carbocycles. The fourth-order valence-electron chi connectivity index (χ4n) is 1.18. The minimum absolute atomic E-state index is 0.160. The van der Waals surface area contributed by atoms with Crippen LogP contribution in [0.15, 0.2) is 0 Å². The van der Waals surface area contributed by atoms with E-state index in [4.69, 9.17) is 24.3 Å². The topological polar surface area (TPSA) is 89.5 Å². The molecule has 0 aliphatic rings. The van der Waals surface area contributed by atoms with Crippen LogP contribution in [-0.4, -0.2) is 43.1 Å². The summed E-state index contributed by atoms with van der Waals surface area (Å²) in [5, 5.41) is 0. The van der Waals surface area contributed by atoms with Gasteiger partial charge in [0.25, 0.3) is 0 Å². The second-order valence-corrected chi connectivity index (χ2v) is 6.88. The quantitative estimate of drug-likeness (QED) is 0.289. The van der Waals surface area contributed by atoms with Crippen molar-refractivity contribution in [1.29, 1.82) is 0 Å². The molecule has 0 amide bonds. The average molecular weight is 336 g/mol. The van der Waals surface area contributed by atoms with Crippen molar-refractivity contribution in [2.75, 3.05) is 14.2 Å². The van der Waals surface area contributed by atoms with Crippen LogP contribution in [0.5, 0.6) is 0 Å². The molecular formula is C15H28O8. The van der Waals surface area contributed by atoms with Crippen LogP contribution in [0.2, 0.25) is 0 Å². The van der Waals surface area contributed by atoms with Gasteiger partial charge in [-0.2, -0.15) is 9.78 Å². The molecule has 0 fully saturated rings. The zero-order chi connectivity index (χ0) is 18.3. The number of hydrogen-bond acceptors (Lipinski definition) is 8. The van der Waals surface area contributed by atoms with Crippen LogP contribution >= 0.6 is 0 Å². The molecule has 0 aromatic carbocycles. The van der Waals surface area contributed by atoms with Crippen molar-refractivity contribution in [2.24, 2.45) is 0 Å². The number of rotatable bonds is 8. The first-order valence-corrected chi connectivity index (χ1v) is 7.24. The van der Waals surface area contributed by atoms with Crippen LogP contribution < -0.4 is 0 Å². The highest BCUT2D eigenvalue weighted by Crippen LogP contribution is 2.28. The molecular weight excluding hydrogens is 308 g/mol. The van der Waals surface area contributed by atoms with Crippen molar-refractivity contribution in [3.63, 3.8) is 0 Å². The van der Waals surface area contributed by atoms with Gasteiger partial charge in [-0.05, 0) is 41.5 Å². The summed E-state index contributed by atoms with van der Waals surface area (Å²) in [7, 11) is 2.40. The Morgan fingerprint density at radius 3 is 1.48 bits per heavy atom. The van der Waals surface area contributed by atoms with Crippen molar-refractivity contribution in [1.82, 2.24) is 0 Å². The maximum Gasteiger partial charge on any atom is 0.372 e. The third-order valence-corrected chi connectivity index (χ3v) is 2.23. The lowest BCUT2D eigenvalue weighted by Gasteiger charge is -2.32. The van der Waals surface area contributed by atoms with Gasteiger partial charge < -0.3 is 9.47 Å². The van der Waals surface area contributed by atoms with Gasteiger partial charge in [0.2, 0.25) is 0 Å². The lowest BCUT2D eigenvalue weighted by molar-refractivity contribution is -0.528. The van der Waals surface area contributed by atoms with E-state index in [1.165, 1.54) is 7.11 Å². The maximum atomic E-state index is 12.2. The standard InChI is InChI=1S/C15H28O8/c1-13(2,3)20-22-15(12(17)19-8,10-9-11(16)18-7)23-21-14(4,5)6/h9-10H2,1-8H3. The molecule has 0 saturated carbocycles. The minimum Gasteiger partial charge on any atom is -0.469 e. The van der Waals surface area contributed by atoms with Crippen LogP contribution in [0, 0.1) is 0 Å². The van der Waals surface area contributed by atoms with Gasteiger partial charge in [-0.3, -0.25) is 4.79 Å². The molecule has 0 aromatic rings. The van der Waals surface area contributed by atoms with Gasteiger partial charge in [-0.25, -0.2) is 14.6 Å². The first-order chi connectivity index (χ1) is 10.4. The number of ether oxygens (including phenoxy) is 2. The van der Waals surface area contributed by atoms with Gasteiger partial charge in [0.15, 0.2) is 0 Å². The Balaban J connectivity index is 5.34. The SMILES string of the molecule is COC(=O)CCC(OOC(C)(C)C)(OOC(C)(C)C)C(=O)OC. The van der Waals surface area contributed by atoms with Gasteiger partial charge in [0.05, 0.1) is 31.8 Å². The van der Waals surface area contributed by atoms with E-state index in [9.17, 15) is 9.59 Å². The van der Waals surface area contributed by atoms with Crippen LogP contribution in [0.25, 0.3) is 0 Å². The minimum atomic E-state index is -2.05. The summed E-state index contributed by atoms with van der Waals surface area (Å²) in [5.41, 5.74) is -1.45. The Kier molecular flexibility index (Phi) is 8.13. The molecule has 8 heteroatoms. The summed E-state index contributed by atoms with van der Waals surface area (Å²) < 4.78 is 9.28. The van der Waals surface area contributed by atoms with E-state index in [2.05, 4.69) is 4.74 Å². The summed E-state index contributed by atoms with van der Waals surface area (Å²) in [4.78, 5) is 44.4. The van der Waals surface area contributed by atoms with E-state index < -0.39 is 28.9 Å². The van der Waals surface area contributed by atoms with Crippen molar-refractivity contribution >= 4 is 11.9 Å². The number of carbonyl (C=O) groups is 2. The van der Waals surface area contributed by atoms with Crippen molar-refractivity contribution < 1.29 is 38.6 Å². The molecule has 0 aliphatic heterocycles. The fourth-order valence-corrected chi connectivity index (χ4v) is 1.18. The molecule has 0 aromatic heterocycles. The number of carbonyl (C=O) groups excluding carboxylic acids is 2. The highest BCUT2D eigenvalue weighted by Gasteiger charge is 2.48. The predicted molar refractivity (Wildman–Crippen MR) is 79.8 cm³/mol. The molecule has 0 radical (unpaired) electrons. The summed E-state index contributed by atoms with van der Waals surface area (Å²) in [6.45, 7) is 10.3. The van der Waals surface area contributed by atoms with Crippen molar-refractivity contribution in [3.05, 3.63) is 0 Å². The number of methoxy groups -OCH3 is 2. The molecule has 23 heavy (non-hydrogen) atoms. The smallest absolute Gasteiger partial charge is 0.372 e. The van der Waals surface area contributed by atoms with Crippen molar-refractivity contribution in [2.45, 2.75) is 71.4 Å². The fraction of sp³-hybridized carbons (Fsp3) is 0.867. The maximum absolute atomic E-state index is 12.2. The number of hydrogen-bond donors (Lipinski definition) is 0. The van der Waals surface area contributed by atoms with Gasteiger partial charge in [-0.1, -0.05) is 0 Å².